The quantitative estimate of drug-likeness (QED) is 0.413. The molecular formula is C26H27Cl2N3O4S. The minimum absolute atomic E-state index is 0.0705. The Balaban J connectivity index is 2.03. The van der Waals surface area contributed by atoms with Crippen LogP contribution in [0.2, 0.25) is 10.0 Å². The highest BCUT2D eigenvalue weighted by Gasteiger charge is 2.33. The molecule has 0 aromatic heterocycles. The monoisotopic (exact) mass is 547 g/mol. The van der Waals surface area contributed by atoms with Crippen LogP contribution in [0.4, 0.5) is 5.69 Å². The lowest BCUT2D eigenvalue weighted by Gasteiger charge is -2.33. The number of nitrogens with zero attached hydrogens (tertiary/aromatic N) is 2. The molecule has 0 aliphatic carbocycles. The Morgan fingerprint density at radius 2 is 1.50 bits per heavy atom. The molecule has 0 bridgehead atoms. The maximum absolute atomic E-state index is 13.8. The molecule has 0 fully saturated rings. The van der Waals surface area contributed by atoms with Crippen LogP contribution in [0.5, 0.6) is 0 Å². The Labute approximate surface area is 221 Å². The van der Waals surface area contributed by atoms with Gasteiger partial charge in [-0.15, -0.1) is 0 Å². The third-order valence-electron chi connectivity index (χ3n) is 5.58. The topological polar surface area (TPSA) is 86.8 Å². The molecule has 0 saturated heterocycles. The summed E-state index contributed by atoms with van der Waals surface area (Å²) < 4.78 is 26.3. The number of benzene rings is 3. The van der Waals surface area contributed by atoms with Crippen LogP contribution < -0.4 is 9.62 Å². The minimum atomic E-state index is -3.87. The fourth-order valence-corrected chi connectivity index (χ4v) is 5.03. The lowest BCUT2D eigenvalue weighted by Crippen LogP contribution is -2.52. The molecule has 2 amide bonds. The van der Waals surface area contributed by atoms with Gasteiger partial charge < -0.3 is 10.2 Å². The van der Waals surface area contributed by atoms with Gasteiger partial charge in [0.25, 0.3) is 0 Å². The number of carbonyl (C=O) groups excluding carboxylic acids is 2. The molecule has 7 nitrogen and oxygen atoms in total. The number of anilines is 1. The maximum atomic E-state index is 13.8. The van der Waals surface area contributed by atoms with E-state index in [1.54, 1.807) is 42.5 Å². The fourth-order valence-electron chi connectivity index (χ4n) is 3.76. The van der Waals surface area contributed by atoms with E-state index in [0.717, 1.165) is 21.7 Å². The normalized spacial score (nSPS) is 12.0. The fraction of sp³-hybridized carbons (Fsp3) is 0.231. The van der Waals surface area contributed by atoms with Gasteiger partial charge in [0.15, 0.2) is 0 Å². The summed E-state index contributed by atoms with van der Waals surface area (Å²) in [5.74, 6) is -0.926. The molecular weight excluding hydrogens is 521 g/mol. The third kappa shape index (κ3) is 7.22. The molecule has 3 rings (SSSR count). The standard InChI is InChI=1S/C26H27Cl2N3O4S/c1-29-26(33)24(16-19-8-4-3-5-9-19)30(17-20-12-14-21(27)15-13-20)25(32)18-31(36(2,34)35)23-11-7-6-10-22(23)28/h3-15,24H,16-18H2,1-2H3,(H,29,33). The number of nitrogens with one attached hydrogen (secondary N) is 1. The van der Waals surface area contributed by atoms with Crippen molar-refractivity contribution in [3.8, 4) is 0 Å². The first-order valence-electron chi connectivity index (χ1n) is 11.1. The molecule has 10 heteroatoms. The molecule has 1 atom stereocenters. The van der Waals surface area contributed by atoms with E-state index in [9.17, 15) is 18.0 Å². The molecule has 190 valence electrons. The van der Waals surface area contributed by atoms with Crippen LogP contribution >= 0.6 is 23.2 Å². The summed E-state index contributed by atoms with van der Waals surface area (Å²) in [4.78, 5) is 28.2. The lowest BCUT2D eigenvalue weighted by molar-refractivity contribution is -0.139. The number of hydrogen-bond acceptors (Lipinski definition) is 4. The predicted octanol–water partition coefficient (Wildman–Crippen LogP) is 4.15. The zero-order valence-corrected chi connectivity index (χ0v) is 22.2. The molecule has 0 spiro atoms. The third-order valence-corrected chi connectivity index (χ3v) is 7.28. The largest absolute Gasteiger partial charge is 0.357 e. The van der Waals surface area contributed by atoms with E-state index in [-0.39, 0.29) is 29.6 Å². The van der Waals surface area contributed by atoms with Gasteiger partial charge >= 0.3 is 0 Å². The average molecular weight is 548 g/mol. The lowest BCUT2D eigenvalue weighted by atomic mass is 10.0. The molecule has 0 aliphatic rings. The molecule has 3 aromatic rings. The van der Waals surface area contributed by atoms with E-state index < -0.39 is 28.5 Å². The van der Waals surface area contributed by atoms with Crippen molar-refractivity contribution >= 4 is 50.7 Å². The van der Waals surface area contributed by atoms with Gasteiger partial charge in [-0.1, -0.05) is 77.8 Å². The van der Waals surface area contributed by atoms with Crippen molar-refractivity contribution in [2.45, 2.75) is 19.0 Å². The Hall–Kier alpha value is -3.07. The molecule has 1 N–H and O–H groups in total. The van der Waals surface area contributed by atoms with E-state index in [1.165, 1.54) is 18.0 Å². The number of para-hydroxylation sites is 1. The number of halogens is 2. The Morgan fingerprint density at radius 1 is 0.889 bits per heavy atom. The van der Waals surface area contributed by atoms with Crippen LogP contribution in [0, 0.1) is 0 Å². The highest BCUT2D eigenvalue weighted by Crippen LogP contribution is 2.27. The number of rotatable bonds is 10. The zero-order chi connectivity index (χ0) is 26.3. The second kappa shape index (κ2) is 12.3. The van der Waals surface area contributed by atoms with Gasteiger partial charge in [0.05, 0.1) is 17.0 Å². The molecule has 0 aliphatic heterocycles. The van der Waals surface area contributed by atoms with Crippen LogP contribution in [0.25, 0.3) is 0 Å². The first-order chi connectivity index (χ1) is 17.1. The van der Waals surface area contributed by atoms with E-state index >= 15 is 0 Å². The van der Waals surface area contributed by atoms with Crippen molar-refractivity contribution in [1.29, 1.82) is 0 Å². The highest BCUT2D eigenvalue weighted by molar-refractivity contribution is 7.92. The number of amides is 2. The molecule has 1 unspecified atom stereocenters. The molecule has 0 saturated carbocycles. The second-order valence-corrected chi connectivity index (χ2v) is 10.9. The smallest absolute Gasteiger partial charge is 0.244 e. The molecule has 0 radical (unpaired) electrons. The van der Waals surface area contributed by atoms with Crippen LogP contribution in [0.15, 0.2) is 78.9 Å². The van der Waals surface area contributed by atoms with Crippen molar-refractivity contribution in [3.63, 3.8) is 0 Å². The second-order valence-electron chi connectivity index (χ2n) is 8.19. The number of hydrogen-bond donors (Lipinski definition) is 1. The highest BCUT2D eigenvalue weighted by atomic mass is 35.5. The summed E-state index contributed by atoms with van der Waals surface area (Å²) in [6.07, 6.45) is 1.25. The van der Waals surface area contributed by atoms with Crippen LogP contribution in [0.3, 0.4) is 0 Å². The summed E-state index contributed by atoms with van der Waals surface area (Å²) in [6, 6.07) is 21.7. The molecule has 3 aromatic carbocycles. The van der Waals surface area contributed by atoms with Crippen molar-refractivity contribution in [2.24, 2.45) is 0 Å². The first-order valence-corrected chi connectivity index (χ1v) is 13.7. The molecule has 36 heavy (non-hydrogen) atoms. The maximum Gasteiger partial charge on any atom is 0.244 e. The van der Waals surface area contributed by atoms with Crippen molar-refractivity contribution in [1.82, 2.24) is 10.2 Å². The summed E-state index contributed by atoms with van der Waals surface area (Å²) in [7, 11) is -2.38. The van der Waals surface area contributed by atoms with Gasteiger partial charge in [0.2, 0.25) is 21.8 Å². The van der Waals surface area contributed by atoms with Gasteiger partial charge in [0, 0.05) is 25.0 Å². The Bertz CT molecular complexity index is 1300. The van der Waals surface area contributed by atoms with Crippen LogP contribution in [-0.2, 0) is 32.6 Å². The number of carbonyl (C=O) groups is 2. The predicted molar refractivity (Wildman–Crippen MR) is 144 cm³/mol. The zero-order valence-electron chi connectivity index (χ0n) is 19.9. The van der Waals surface area contributed by atoms with E-state index in [4.69, 9.17) is 23.2 Å². The Kier molecular flexibility index (Phi) is 9.37. The summed E-state index contributed by atoms with van der Waals surface area (Å²) in [5, 5.41) is 3.35. The number of sulfonamides is 1. The van der Waals surface area contributed by atoms with Gasteiger partial charge in [-0.05, 0) is 35.4 Å². The number of likely N-dealkylation sites (N-methyl/N-ethyl adjacent to an activating group) is 1. The summed E-state index contributed by atoms with van der Waals surface area (Å²) in [6.45, 7) is -0.459. The summed E-state index contributed by atoms with van der Waals surface area (Å²) >= 11 is 12.3. The van der Waals surface area contributed by atoms with Crippen molar-refractivity contribution in [3.05, 3.63) is 100 Å². The van der Waals surface area contributed by atoms with Gasteiger partial charge in [-0.3, -0.25) is 13.9 Å². The Morgan fingerprint density at radius 3 is 2.08 bits per heavy atom. The van der Waals surface area contributed by atoms with Gasteiger partial charge in [0.1, 0.15) is 12.6 Å². The van der Waals surface area contributed by atoms with E-state index in [1.807, 2.05) is 30.3 Å². The van der Waals surface area contributed by atoms with Crippen LogP contribution in [0.1, 0.15) is 11.1 Å². The summed E-state index contributed by atoms with van der Waals surface area (Å²) in [5.41, 5.74) is 1.77. The van der Waals surface area contributed by atoms with Crippen molar-refractivity contribution < 1.29 is 18.0 Å². The first kappa shape index (κ1) is 27.5. The minimum Gasteiger partial charge on any atom is -0.357 e. The van der Waals surface area contributed by atoms with Gasteiger partial charge in [-0.25, -0.2) is 8.42 Å². The molecule has 0 heterocycles. The van der Waals surface area contributed by atoms with E-state index in [2.05, 4.69) is 5.32 Å². The van der Waals surface area contributed by atoms with Crippen LogP contribution in [-0.4, -0.2) is 51.0 Å². The van der Waals surface area contributed by atoms with Crippen molar-refractivity contribution in [2.75, 3.05) is 24.2 Å². The van der Waals surface area contributed by atoms with E-state index in [0.29, 0.717) is 5.02 Å². The SMILES string of the molecule is CNC(=O)C(Cc1ccccc1)N(Cc1ccc(Cl)cc1)C(=O)CN(c1ccccc1Cl)S(C)(=O)=O. The average Bonchev–Trinajstić information content (AvgIpc) is 2.85. The van der Waals surface area contributed by atoms with Gasteiger partial charge in [-0.2, -0.15) is 0 Å².